The molecule has 0 unspecified atom stereocenters. The molecular weight excluding hydrogens is 475 g/mol. The lowest BCUT2D eigenvalue weighted by molar-refractivity contribution is -0.919. The van der Waals surface area contributed by atoms with E-state index in [0.29, 0.717) is 11.8 Å². The lowest BCUT2D eigenvalue weighted by Gasteiger charge is -2.24. The van der Waals surface area contributed by atoms with Crippen molar-refractivity contribution in [3.05, 3.63) is 57.9 Å². The molecule has 2 aromatic carbocycles. The number of hydrogen-bond donors (Lipinski definition) is 2. The van der Waals surface area contributed by atoms with Crippen molar-refractivity contribution in [2.24, 2.45) is 11.8 Å². The molecule has 0 saturated heterocycles. The van der Waals surface area contributed by atoms with Gasteiger partial charge in [-0.1, -0.05) is 39.8 Å². The number of fused-ring (bicyclic) bond motifs is 1. The first kappa shape index (κ1) is 27.4. The molecule has 0 amide bonds. The first-order valence-electron chi connectivity index (χ1n) is 12.0. The average Bonchev–Trinajstić information content (AvgIpc) is 2.77. The van der Waals surface area contributed by atoms with Crippen LogP contribution in [0.3, 0.4) is 0 Å². The molecule has 0 radical (unpaired) electrons. The minimum atomic E-state index is -5.02. The van der Waals surface area contributed by atoms with E-state index in [1.165, 1.54) is 24.3 Å². The van der Waals surface area contributed by atoms with Gasteiger partial charge in [0.2, 0.25) is 11.2 Å². The summed E-state index contributed by atoms with van der Waals surface area (Å²) in [5.41, 5.74) is -1.11. The maximum atomic E-state index is 14.1. The molecule has 196 valence electrons. The summed E-state index contributed by atoms with van der Waals surface area (Å²) >= 11 is 0. The highest BCUT2D eigenvalue weighted by Crippen LogP contribution is 2.41. The monoisotopic (exact) mass is 508 g/mol. The third-order valence-corrected chi connectivity index (χ3v) is 5.54. The Labute approximate surface area is 208 Å². The van der Waals surface area contributed by atoms with Crippen LogP contribution in [0.4, 0.5) is 13.2 Å². The van der Waals surface area contributed by atoms with Gasteiger partial charge in [0.25, 0.3) is 5.76 Å². The highest BCUT2D eigenvalue weighted by Gasteiger charge is 2.41. The summed E-state index contributed by atoms with van der Waals surface area (Å²) in [6, 6.07) is 8.71. The van der Waals surface area contributed by atoms with Gasteiger partial charge >= 0.3 is 6.18 Å². The number of rotatable bonds is 10. The molecule has 0 spiro atoms. The summed E-state index contributed by atoms with van der Waals surface area (Å²) in [6.07, 6.45) is -5.02. The van der Waals surface area contributed by atoms with Crippen LogP contribution in [0.15, 0.2) is 45.6 Å². The van der Waals surface area contributed by atoms with Crippen LogP contribution in [0.5, 0.6) is 23.0 Å². The molecule has 36 heavy (non-hydrogen) atoms. The van der Waals surface area contributed by atoms with Crippen LogP contribution in [0, 0.1) is 11.8 Å². The smallest absolute Gasteiger partial charge is 0.453 e. The third-order valence-electron chi connectivity index (χ3n) is 5.54. The highest BCUT2D eigenvalue weighted by molar-refractivity contribution is 5.83. The summed E-state index contributed by atoms with van der Waals surface area (Å²) in [5, 5.41) is 10.5. The van der Waals surface area contributed by atoms with E-state index in [-0.39, 0.29) is 46.9 Å². The zero-order valence-corrected chi connectivity index (χ0v) is 21.2. The van der Waals surface area contributed by atoms with Gasteiger partial charge in [-0.05, 0) is 31.2 Å². The molecule has 0 fully saturated rings. The molecule has 6 nitrogen and oxygen atoms in total. The zero-order chi connectivity index (χ0) is 26.6. The molecule has 9 heteroatoms. The van der Waals surface area contributed by atoms with Crippen LogP contribution in [0.25, 0.3) is 11.0 Å². The van der Waals surface area contributed by atoms with Crippen LogP contribution in [0.1, 0.15) is 45.9 Å². The first-order chi connectivity index (χ1) is 16.9. The Kier molecular flexibility index (Phi) is 8.55. The van der Waals surface area contributed by atoms with Gasteiger partial charge in [-0.2, -0.15) is 13.2 Å². The molecule has 0 atom stereocenters. The van der Waals surface area contributed by atoms with Gasteiger partial charge in [-0.15, -0.1) is 0 Å². The molecule has 1 aromatic heterocycles. The Morgan fingerprint density at radius 3 is 2.17 bits per heavy atom. The standard InChI is InChI=1S/C27H32F3NO5/c1-6-34-21-9-7-8-10-22(21)35-25-23(33)18-11-12-20(32)19(24(18)36-26(25)27(28,29)30)15-31(13-16(2)3)14-17(4)5/h7-12,16-17,32H,6,13-15H2,1-5H3/p+1. The van der Waals surface area contributed by atoms with Crippen molar-refractivity contribution in [1.82, 2.24) is 0 Å². The van der Waals surface area contributed by atoms with Crippen LogP contribution in [-0.2, 0) is 12.7 Å². The fraction of sp³-hybridized carbons (Fsp3) is 0.444. The van der Waals surface area contributed by atoms with E-state index >= 15 is 0 Å². The van der Waals surface area contributed by atoms with Crippen molar-refractivity contribution in [3.8, 4) is 23.0 Å². The number of nitrogens with one attached hydrogen (secondary N) is 1. The second kappa shape index (κ2) is 11.2. The van der Waals surface area contributed by atoms with Crippen LogP contribution >= 0.6 is 0 Å². The van der Waals surface area contributed by atoms with Crippen LogP contribution in [0.2, 0.25) is 0 Å². The van der Waals surface area contributed by atoms with E-state index < -0.39 is 23.1 Å². The lowest BCUT2D eigenvalue weighted by atomic mass is 10.1. The van der Waals surface area contributed by atoms with E-state index in [1.807, 2.05) is 0 Å². The van der Waals surface area contributed by atoms with Gasteiger partial charge in [-0.3, -0.25) is 4.79 Å². The third kappa shape index (κ3) is 6.32. The minimum absolute atomic E-state index is 0.0417. The van der Waals surface area contributed by atoms with E-state index in [9.17, 15) is 23.1 Å². The number of alkyl halides is 3. The van der Waals surface area contributed by atoms with Crippen molar-refractivity contribution in [2.75, 3.05) is 19.7 Å². The molecule has 0 aliphatic rings. The Morgan fingerprint density at radius 1 is 1.00 bits per heavy atom. The summed E-state index contributed by atoms with van der Waals surface area (Å²) < 4.78 is 58.7. The van der Waals surface area contributed by atoms with E-state index in [2.05, 4.69) is 27.7 Å². The summed E-state index contributed by atoms with van der Waals surface area (Å²) in [5.74, 6) is -1.97. The number of phenolic OH excluding ortho intramolecular Hbond substituents is 1. The number of hydrogen-bond acceptors (Lipinski definition) is 5. The molecule has 3 aromatic rings. The van der Waals surface area contributed by atoms with Gasteiger partial charge in [0.15, 0.2) is 17.1 Å². The first-order valence-corrected chi connectivity index (χ1v) is 12.0. The number of benzene rings is 2. The summed E-state index contributed by atoms with van der Waals surface area (Å²) in [6.45, 7) is 11.9. The average molecular weight is 509 g/mol. The number of para-hydroxylation sites is 2. The van der Waals surface area contributed by atoms with Gasteiger partial charge in [0, 0.05) is 11.8 Å². The molecule has 1 heterocycles. The minimum Gasteiger partial charge on any atom is -0.507 e. The highest BCUT2D eigenvalue weighted by atomic mass is 19.4. The molecule has 0 aliphatic heterocycles. The van der Waals surface area contributed by atoms with Crippen molar-refractivity contribution >= 4 is 11.0 Å². The number of halogens is 3. The van der Waals surface area contributed by atoms with Gasteiger partial charge < -0.3 is 23.9 Å². The van der Waals surface area contributed by atoms with Gasteiger partial charge in [0.1, 0.15) is 12.3 Å². The fourth-order valence-corrected chi connectivity index (χ4v) is 4.29. The predicted octanol–water partition coefficient (Wildman–Crippen LogP) is 5.41. The van der Waals surface area contributed by atoms with Crippen LogP contribution < -0.4 is 19.8 Å². The Bertz CT molecular complexity index is 1240. The van der Waals surface area contributed by atoms with Crippen molar-refractivity contribution in [1.29, 1.82) is 0 Å². The number of phenols is 1. The SMILES string of the molecule is CCOc1ccccc1Oc1c(C(F)(F)F)oc2c(C[NH+](CC(C)C)CC(C)C)c(O)ccc2c1=O. The normalized spacial score (nSPS) is 12.2. The summed E-state index contributed by atoms with van der Waals surface area (Å²) in [7, 11) is 0. The maximum absolute atomic E-state index is 14.1. The molecular formula is C27H33F3NO5+. The van der Waals surface area contributed by atoms with Crippen LogP contribution in [-0.4, -0.2) is 24.8 Å². The molecule has 2 N–H and O–H groups in total. The van der Waals surface area contributed by atoms with Gasteiger partial charge in [-0.25, -0.2) is 0 Å². The lowest BCUT2D eigenvalue weighted by Crippen LogP contribution is -3.11. The Morgan fingerprint density at radius 2 is 1.61 bits per heavy atom. The molecule has 0 bridgehead atoms. The number of aromatic hydroxyl groups is 1. The summed E-state index contributed by atoms with van der Waals surface area (Å²) in [4.78, 5) is 14.4. The molecule has 0 aliphatic carbocycles. The van der Waals surface area contributed by atoms with Crippen molar-refractivity contribution in [3.63, 3.8) is 0 Å². The fourth-order valence-electron chi connectivity index (χ4n) is 4.29. The zero-order valence-electron chi connectivity index (χ0n) is 21.2. The quantitative estimate of drug-likeness (QED) is 0.383. The number of quaternary nitrogens is 1. The van der Waals surface area contributed by atoms with Gasteiger partial charge in [0.05, 0.1) is 30.6 Å². The van der Waals surface area contributed by atoms with E-state index in [0.717, 1.165) is 18.0 Å². The maximum Gasteiger partial charge on any atom is 0.453 e. The van der Waals surface area contributed by atoms with Crippen molar-refractivity contribution < 1.29 is 37.1 Å². The largest absolute Gasteiger partial charge is 0.507 e. The molecule has 0 saturated carbocycles. The predicted molar refractivity (Wildman–Crippen MR) is 131 cm³/mol. The van der Waals surface area contributed by atoms with E-state index in [4.69, 9.17) is 13.9 Å². The topological polar surface area (TPSA) is 73.3 Å². The van der Waals surface area contributed by atoms with Crippen molar-refractivity contribution in [2.45, 2.75) is 47.3 Å². The molecule has 3 rings (SSSR count). The second-order valence-corrected chi connectivity index (χ2v) is 9.63. The Balaban J connectivity index is 2.21. The second-order valence-electron chi connectivity index (χ2n) is 9.63. The number of ether oxygens (including phenoxy) is 2. The van der Waals surface area contributed by atoms with E-state index in [1.54, 1.807) is 19.1 Å². The Hall–Kier alpha value is -3.20.